The molecule has 0 atom stereocenters. The molecule has 0 amide bonds. The molecule has 20 heavy (non-hydrogen) atoms. The minimum absolute atomic E-state index is 0.564. The summed E-state index contributed by atoms with van der Waals surface area (Å²) in [6.07, 6.45) is 0.792. The van der Waals surface area contributed by atoms with E-state index in [1.54, 1.807) is 0 Å². The molecule has 0 bridgehead atoms. The average molecular weight is 265 g/mol. The van der Waals surface area contributed by atoms with Crippen LogP contribution in [0.15, 0.2) is 36.4 Å². The molecule has 0 saturated carbocycles. The number of nitrogens with two attached hydrogens (primary N) is 1. The lowest BCUT2D eigenvalue weighted by atomic mass is 10.0. The first-order valence-corrected chi connectivity index (χ1v) is 6.90. The number of hydrogen-bond donors (Lipinski definition) is 2. The van der Waals surface area contributed by atoms with Crippen molar-refractivity contribution in [3.05, 3.63) is 64.5 Å². The number of benzene rings is 2. The van der Waals surface area contributed by atoms with Crippen LogP contribution in [0.5, 0.6) is 0 Å². The highest BCUT2D eigenvalue weighted by Gasteiger charge is 2.07. The second kappa shape index (κ2) is 5.10. The second-order valence-corrected chi connectivity index (χ2v) is 5.29. The molecule has 0 aliphatic rings. The Morgan fingerprint density at radius 1 is 1.05 bits per heavy atom. The van der Waals surface area contributed by atoms with Crippen LogP contribution in [-0.4, -0.2) is 9.97 Å². The average Bonchev–Trinajstić information content (AvgIpc) is 2.81. The number of hydrogen-bond acceptors (Lipinski definition) is 2. The van der Waals surface area contributed by atoms with Gasteiger partial charge in [0.1, 0.15) is 5.82 Å². The Balaban J connectivity index is 1.99. The van der Waals surface area contributed by atoms with Crippen molar-refractivity contribution in [3.8, 4) is 0 Å². The number of aryl methyl sites for hydroxylation is 2. The molecule has 3 heteroatoms. The van der Waals surface area contributed by atoms with Gasteiger partial charge in [0.25, 0.3) is 0 Å². The van der Waals surface area contributed by atoms with Crippen LogP contribution in [0.2, 0.25) is 0 Å². The molecule has 3 aromatic rings. The number of H-pyrrole nitrogens is 1. The molecule has 2 aromatic carbocycles. The van der Waals surface area contributed by atoms with Gasteiger partial charge in [0.2, 0.25) is 0 Å². The Hall–Kier alpha value is -2.13. The zero-order chi connectivity index (χ0) is 14.1. The van der Waals surface area contributed by atoms with Crippen molar-refractivity contribution >= 4 is 11.0 Å². The zero-order valence-corrected chi connectivity index (χ0v) is 11.9. The summed E-state index contributed by atoms with van der Waals surface area (Å²) >= 11 is 0. The summed E-state index contributed by atoms with van der Waals surface area (Å²) in [5.74, 6) is 0.992. The summed E-state index contributed by atoms with van der Waals surface area (Å²) in [5, 5.41) is 0. The van der Waals surface area contributed by atoms with Crippen molar-refractivity contribution in [1.29, 1.82) is 0 Å². The predicted octanol–water partition coefficient (Wildman–Crippen LogP) is 3.23. The fourth-order valence-corrected chi connectivity index (χ4v) is 2.52. The van der Waals surface area contributed by atoms with Crippen LogP contribution in [-0.2, 0) is 13.0 Å². The fourth-order valence-electron chi connectivity index (χ4n) is 2.52. The number of rotatable bonds is 3. The quantitative estimate of drug-likeness (QED) is 0.764. The monoisotopic (exact) mass is 265 g/mol. The Morgan fingerprint density at radius 3 is 2.50 bits per heavy atom. The number of aromatic amines is 1. The van der Waals surface area contributed by atoms with Crippen LogP contribution in [0.1, 0.15) is 28.1 Å². The minimum Gasteiger partial charge on any atom is -0.342 e. The third-order valence-corrected chi connectivity index (χ3v) is 3.84. The maximum absolute atomic E-state index is 5.79. The van der Waals surface area contributed by atoms with Gasteiger partial charge in [0.05, 0.1) is 11.0 Å². The molecule has 1 aromatic heterocycles. The Bertz CT molecular complexity index is 717. The number of fused-ring (bicyclic) bond motifs is 1. The zero-order valence-electron chi connectivity index (χ0n) is 11.9. The van der Waals surface area contributed by atoms with Crippen molar-refractivity contribution in [1.82, 2.24) is 9.97 Å². The molecule has 0 aliphatic carbocycles. The summed E-state index contributed by atoms with van der Waals surface area (Å²) in [6, 6.07) is 12.6. The summed E-state index contributed by atoms with van der Waals surface area (Å²) in [4.78, 5) is 8.10. The Kier molecular flexibility index (Phi) is 3.28. The van der Waals surface area contributed by atoms with E-state index < -0.39 is 0 Å². The first-order valence-electron chi connectivity index (χ1n) is 6.90. The van der Waals surface area contributed by atoms with Crippen LogP contribution < -0.4 is 5.73 Å². The van der Waals surface area contributed by atoms with Crippen molar-refractivity contribution in [3.63, 3.8) is 0 Å². The first-order chi connectivity index (χ1) is 9.67. The van der Waals surface area contributed by atoms with E-state index in [-0.39, 0.29) is 0 Å². The highest BCUT2D eigenvalue weighted by Crippen LogP contribution is 2.19. The SMILES string of the molecule is Cc1cc2nc(Cc3ccccc3CN)[nH]c2cc1C. The molecule has 102 valence electrons. The van der Waals surface area contributed by atoms with E-state index in [0.29, 0.717) is 6.54 Å². The molecule has 0 radical (unpaired) electrons. The van der Waals surface area contributed by atoms with Gasteiger partial charge in [-0.3, -0.25) is 0 Å². The van der Waals surface area contributed by atoms with Gasteiger partial charge < -0.3 is 10.7 Å². The first kappa shape index (κ1) is 12.9. The van der Waals surface area contributed by atoms with Gasteiger partial charge in [-0.2, -0.15) is 0 Å². The number of nitrogens with one attached hydrogen (secondary N) is 1. The van der Waals surface area contributed by atoms with Crippen LogP contribution in [0.4, 0.5) is 0 Å². The normalized spacial score (nSPS) is 11.2. The van der Waals surface area contributed by atoms with Gasteiger partial charge in [-0.05, 0) is 48.2 Å². The van der Waals surface area contributed by atoms with E-state index in [9.17, 15) is 0 Å². The van der Waals surface area contributed by atoms with Crippen molar-refractivity contribution in [2.45, 2.75) is 26.8 Å². The third kappa shape index (κ3) is 2.32. The number of nitrogens with zero attached hydrogens (tertiary/aromatic N) is 1. The summed E-state index contributed by atoms with van der Waals surface area (Å²) in [6.45, 7) is 4.81. The van der Waals surface area contributed by atoms with E-state index in [2.05, 4.69) is 48.1 Å². The maximum atomic E-state index is 5.79. The molecule has 3 N–H and O–H groups in total. The lowest BCUT2D eigenvalue weighted by molar-refractivity contribution is 0.978. The Morgan fingerprint density at radius 2 is 1.75 bits per heavy atom. The van der Waals surface area contributed by atoms with E-state index in [4.69, 9.17) is 5.73 Å². The maximum Gasteiger partial charge on any atom is 0.111 e. The van der Waals surface area contributed by atoms with Gasteiger partial charge in [-0.25, -0.2) is 4.98 Å². The topological polar surface area (TPSA) is 54.7 Å². The molecule has 0 saturated heterocycles. The molecule has 3 rings (SSSR count). The largest absolute Gasteiger partial charge is 0.342 e. The molecular weight excluding hydrogens is 246 g/mol. The van der Waals surface area contributed by atoms with E-state index in [0.717, 1.165) is 23.3 Å². The van der Waals surface area contributed by atoms with Crippen molar-refractivity contribution in [2.75, 3.05) is 0 Å². The lowest BCUT2D eigenvalue weighted by Gasteiger charge is -2.05. The molecule has 0 aliphatic heterocycles. The van der Waals surface area contributed by atoms with E-state index in [1.807, 2.05) is 12.1 Å². The number of aromatic nitrogens is 2. The van der Waals surface area contributed by atoms with Gasteiger partial charge in [0, 0.05) is 13.0 Å². The molecule has 3 nitrogen and oxygen atoms in total. The van der Waals surface area contributed by atoms with Crippen LogP contribution in [0.3, 0.4) is 0 Å². The molecule has 0 spiro atoms. The van der Waals surface area contributed by atoms with Crippen LogP contribution in [0.25, 0.3) is 11.0 Å². The van der Waals surface area contributed by atoms with Gasteiger partial charge in [-0.1, -0.05) is 24.3 Å². The predicted molar refractivity (Wildman–Crippen MR) is 82.7 cm³/mol. The smallest absolute Gasteiger partial charge is 0.111 e. The second-order valence-electron chi connectivity index (χ2n) is 5.29. The Labute approximate surface area is 118 Å². The van der Waals surface area contributed by atoms with Gasteiger partial charge in [-0.15, -0.1) is 0 Å². The van der Waals surface area contributed by atoms with E-state index >= 15 is 0 Å². The van der Waals surface area contributed by atoms with Crippen LogP contribution >= 0.6 is 0 Å². The van der Waals surface area contributed by atoms with Crippen molar-refractivity contribution in [2.24, 2.45) is 5.73 Å². The van der Waals surface area contributed by atoms with Gasteiger partial charge >= 0.3 is 0 Å². The fraction of sp³-hybridized carbons (Fsp3) is 0.235. The van der Waals surface area contributed by atoms with Crippen LogP contribution in [0, 0.1) is 13.8 Å². The number of imidazole rings is 1. The molecule has 0 fully saturated rings. The standard InChI is InChI=1S/C17H19N3/c1-11-7-15-16(8-12(11)2)20-17(19-15)9-13-5-3-4-6-14(13)10-18/h3-8H,9-10,18H2,1-2H3,(H,19,20). The molecule has 1 heterocycles. The summed E-state index contributed by atoms with van der Waals surface area (Å²) in [5.41, 5.74) is 12.9. The summed E-state index contributed by atoms with van der Waals surface area (Å²) in [7, 11) is 0. The van der Waals surface area contributed by atoms with Crippen molar-refractivity contribution < 1.29 is 0 Å². The highest BCUT2D eigenvalue weighted by atomic mass is 14.9. The highest BCUT2D eigenvalue weighted by molar-refractivity contribution is 5.77. The lowest BCUT2D eigenvalue weighted by Crippen LogP contribution is -2.02. The summed E-state index contributed by atoms with van der Waals surface area (Å²) < 4.78 is 0. The van der Waals surface area contributed by atoms with Gasteiger partial charge in [0.15, 0.2) is 0 Å². The molecule has 0 unspecified atom stereocenters. The van der Waals surface area contributed by atoms with E-state index in [1.165, 1.54) is 22.3 Å². The molecular formula is C17H19N3. The third-order valence-electron chi connectivity index (χ3n) is 3.84. The minimum atomic E-state index is 0.564.